The summed E-state index contributed by atoms with van der Waals surface area (Å²) < 4.78 is 0.910. The van der Waals surface area contributed by atoms with E-state index in [-0.39, 0.29) is 6.10 Å². The molecule has 1 aromatic carbocycles. The van der Waals surface area contributed by atoms with Gasteiger partial charge in [-0.1, -0.05) is 33.6 Å². The maximum atomic E-state index is 5.76. The fraction of sp³-hybridized carbons (Fsp3) is 0.250. The van der Waals surface area contributed by atoms with E-state index in [4.69, 9.17) is 17.5 Å². The number of hydrogen-bond acceptors (Lipinski definition) is 2. The van der Waals surface area contributed by atoms with Crippen LogP contribution in [0.25, 0.3) is 0 Å². The normalized spacial score (nSPS) is 13.0. The van der Waals surface area contributed by atoms with E-state index in [1.165, 1.54) is 0 Å². The van der Waals surface area contributed by atoms with Crippen LogP contribution in [-0.4, -0.2) is 0 Å². The third-order valence-corrected chi connectivity index (χ3v) is 2.53. The van der Waals surface area contributed by atoms with Gasteiger partial charge in [0.05, 0.1) is 0 Å². The second-order valence-electron chi connectivity index (χ2n) is 2.44. The minimum Gasteiger partial charge on any atom is -0.297 e. The van der Waals surface area contributed by atoms with Crippen LogP contribution in [0.4, 0.5) is 0 Å². The van der Waals surface area contributed by atoms with E-state index in [0.29, 0.717) is 5.02 Å². The van der Waals surface area contributed by atoms with Gasteiger partial charge in [-0.3, -0.25) is 4.84 Å². The van der Waals surface area contributed by atoms with Gasteiger partial charge in [-0.15, -0.1) is 0 Å². The highest BCUT2D eigenvalue weighted by Gasteiger charge is 2.08. The number of rotatable bonds is 2. The molecule has 2 N–H and O–H groups in total. The number of nitrogens with two attached hydrogens (primary N) is 1. The minimum atomic E-state index is -0.128. The van der Waals surface area contributed by atoms with E-state index in [9.17, 15) is 0 Å². The van der Waals surface area contributed by atoms with E-state index in [1.54, 1.807) is 6.07 Å². The lowest BCUT2D eigenvalue weighted by Crippen LogP contribution is -2.05. The van der Waals surface area contributed by atoms with Crippen molar-refractivity contribution in [3.05, 3.63) is 33.3 Å². The van der Waals surface area contributed by atoms with Crippen LogP contribution in [-0.2, 0) is 4.84 Å². The zero-order valence-corrected chi connectivity index (χ0v) is 8.89. The third-order valence-electron chi connectivity index (χ3n) is 1.60. The van der Waals surface area contributed by atoms with Crippen LogP contribution in [0.1, 0.15) is 18.6 Å². The molecule has 0 spiro atoms. The molecule has 66 valence electrons. The van der Waals surface area contributed by atoms with Gasteiger partial charge in [0.1, 0.15) is 6.10 Å². The molecule has 0 radical (unpaired) electrons. The van der Waals surface area contributed by atoms with Gasteiger partial charge in [-0.25, -0.2) is 5.90 Å². The topological polar surface area (TPSA) is 35.2 Å². The van der Waals surface area contributed by atoms with Gasteiger partial charge in [0.15, 0.2) is 0 Å². The van der Waals surface area contributed by atoms with Gasteiger partial charge in [-0.2, -0.15) is 0 Å². The first-order valence-electron chi connectivity index (χ1n) is 3.45. The van der Waals surface area contributed by atoms with Crippen molar-refractivity contribution in [3.63, 3.8) is 0 Å². The van der Waals surface area contributed by atoms with Crippen molar-refractivity contribution in [3.8, 4) is 0 Å². The van der Waals surface area contributed by atoms with Crippen molar-refractivity contribution in [2.75, 3.05) is 0 Å². The molecule has 0 fully saturated rings. The van der Waals surface area contributed by atoms with Crippen LogP contribution in [0.3, 0.4) is 0 Å². The zero-order chi connectivity index (χ0) is 9.14. The molecule has 2 nitrogen and oxygen atoms in total. The predicted octanol–water partition coefficient (Wildman–Crippen LogP) is 3.05. The molecule has 0 amide bonds. The lowest BCUT2D eigenvalue weighted by atomic mass is 10.1. The molecule has 0 bridgehead atoms. The smallest absolute Gasteiger partial charge is 0.102 e. The Labute approximate surface area is 84.7 Å². The summed E-state index contributed by atoms with van der Waals surface area (Å²) in [6, 6.07) is 5.49. The predicted molar refractivity (Wildman–Crippen MR) is 52.8 cm³/mol. The minimum absolute atomic E-state index is 0.128. The average molecular weight is 251 g/mol. The van der Waals surface area contributed by atoms with Crippen molar-refractivity contribution in [2.24, 2.45) is 5.90 Å². The van der Waals surface area contributed by atoms with E-state index >= 15 is 0 Å². The summed E-state index contributed by atoms with van der Waals surface area (Å²) in [4.78, 5) is 4.68. The lowest BCUT2D eigenvalue weighted by Gasteiger charge is -2.10. The van der Waals surface area contributed by atoms with Crippen LogP contribution in [0.2, 0.25) is 5.02 Å². The summed E-state index contributed by atoms with van der Waals surface area (Å²) in [5.74, 6) is 5.06. The summed E-state index contributed by atoms with van der Waals surface area (Å²) in [6.07, 6.45) is -0.128. The van der Waals surface area contributed by atoms with Crippen molar-refractivity contribution in [1.29, 1.82) is 0 Å². The second kappa shape index (κ2) is 4.23. The highest BCUT2D eigenvalue weighted by molar-refractivity contribution is 9.10. The molecule has 1 aromatic rings. The van der Waals surface area contributed by atoms with Crippen molar-refractivity contribution < 1.29 is 4.84 Å². The average Bonchev–Trinajstić information content (AvgIpc) is 2.03. The Morgan fingerprint density at radius 2 is 2.25 bits per heavy atom. The quantitative estimate of drug-likeness (QED) is 0.819. The molecule has 0 aliphatic rings. The van der Waals surface area contributed by atoms with Crippen LogP contribution >= 0.6 is 27.5 Å². The molecule has 0 aliphatic carbocycles. The van der Waals surface area contributed by atoms with Crippen molar-refractivity contribution in [2.45, 2.75) is 13.0 Å². The number of benzene rings is 1. The summed E-state index contributed by atoms with van der Waals surface area (Å²) in [5.41, 5.74) is 0.988. The Bertz CT molecular complexity index is 280. The molecule has 1 atom stereocenters. The van der Waals surface area contributed by atoms with Crippen LogP contribution < -0.4 is 5.90 Å². The maximum absolute atomic E-state index is 5.76. The Morgan fingerprint density at radius 3 is 2.75 bits per heavy atom. The molecule has 1 unspecified atom stereocenters. The Kier molecular flexibility index (Phi) is 3.53. The van der Waals surface area contributed by atoms with E-state index < -0.39 is 0 Å². The van der Waals surface area contributed by atoms with Gasteiger partial charge in [-0.05, 0) is 24.6 Å². The molecule has 4 heteroatoms. The molecule has 0 aromatic heterocycles. The summed E-state index contributed by atoms with van der Waals surface area (Å²) in [7, 11) is 0. The fourth-order valence-corrected chi connectivity index (χ4v) is 1.91. The van der Waals surface area contributed by atoms with Gasteiger partial charge in [0, 0.05) is 9.50 Å². The first-order valence-corrected chi connectivity index (χ1v) is 4.62. The van der Waals surface area contributed by atoms with E-state index in [0.717, 1.165) is 10.0 Å². The highest BCUT2D eigenvalue weighted by Crippen LogP contribution is 2.27. The molecular weight excluding hydrogens is 241 g/mol. The van der Waals surface area contributed by atoms with Crippen LogP contribution in [0, 0.1) is 0 Å². The molecular formula is C8H9BrClNO. The molecule has 0 saturated carbocycles. The molecule has 1 rings (SSSR count). The SMILES string of the molecule is CC(ON)c1ccc(Cl)cc1Br. The molecule has 0 saturated heterocycles. The standard InChI is InChI=1S/C8H9BrClNO/c1-5(12-11)7-3-2-6(10)4-8(7)9/h2-5H,11H2,1H3. The lowest BCUT2D eigenvalue weighted by molar-refractivity contribution is 0.0659. The van der Waals surface area contributed by atoms with Gasteiger partial charge < -0.3 is 0 Å². The van der Waals surface area contributed by atoms with Crippen molar-refractivity contribution in [1.82, 2.24) is 0 Å². The monoisotopic (exact) mass is 249 g/mol. The fourth-order valence-electron chi connectivity index (χ4n) is 0.904. The molecule has 0 heterocycles. The van der Waals surface area contributed by atoms with Crippen LogP contribution in [0.15, 0.2) is 22.7 Å². The number of halogens is 2. The van der Waals surface area contributed by atoms with E-state index in [1.807, 2.05) is 19.1 Å². The number of hydrogen-bond donors (Lipinski definition) is 1. The summed E-state index contributed by atoms with van der Waals surface area (Å²) >= 11 is 9.13. The zero-order valence-electron chi connectivity index (χ0n) is 6.55. The van der Waals surface area contributed by atoms with Crippen LogP contribution in [0.5, 0.6) is 0 Å². The summed E-state index contributed by atoms with van der Waals surface area (Å²) in [6.45, 7) is 1.87. The highest BCUT2D eigenvalue weighted by atomic mass is 79.9. The second-order valence-corrected chi connectivity index (χ2v) is 3.73. The first-order chi connectivity index (χ1) is 5.65. The molecule has 12 heavy (non-hydrogen) atoms. The Morgan fingerprint density at radius 1 is 1.58 bits per heavy atom. The Hall–Kier alpha value is -0.0900. The van der Waals surface area contributed by atoms with Crippen molar-refractivity contribution >= 4 is 27.5 Å². The van der Waals surface area contributed by atoms with Gasteiger partial charge >= 0.3 is 0 Å². The summed E-state index contributed by atoms with van der Waals surface area (Å²) in [5, 5.41) is 0.690. The first kappa shape index (κ1) is 9.99. The largest absolute Gasteiger partial charge is 0.297 e. The van der Waals surface area contributed by atoms with Gasteiger partial charge in [0.2, 0.25) is 0 Å². The maximum Gasteiger partial charge on any atom is 0.102 e. The third kappa shape index (κ3) is 2.20. The van der Waals surface area contributed by atoms with Gasteiger partial charge in [0.25, 0.3) is 0 Å². The molecule has 0 aliphatic heterocycles. The van der Waals surface area contributed by atoms with E-state index in [2.05, 4.69) is 20.8 Å². The Balaban J connectivity index is 3.01.